The third-order valence-corrected chi connectivity index (χ3v) is 0. The van der Waals surface area contributed by atoms with Crippen LogP contribution >= 0.6 is 0 Å². The summed E-state index contributed by atoms with van der Waals surface area (Å²) >= 11 is 0. The van der Waals surface area contributed by atoms with Gasteiger partial charge in [-0.25, -0.2) is 0 Å². The molecular formula is H4Al2Ca2O9Si3Zn2. The quantitative estimate of drug-likeness (QED) is 0.293. The van der Waals surface area contributed by atoms with Gasteiger partial charge in [0.25, 0.3) is 0 Å². The molecule has 0 rings (SSSR count). The van der Waals surface area contributed by atoms with Crippen LogP contribution in [0.25, 0.3) is 0 Å². The summed E-state index contributed by atoms with van der Waals surface area (Å²) in [6.07, 6.45) is 0. The van der Waals surface area contributed by atoms with Crippen LogP contribution in [0.1, 0.15) is 5.71 Å². The average Bonchev–Trinajstić information content (AvgIpc) is 1.54. The van der Waals surface area contributed by atoms with Crippen LogP contribution in [-0.4, -0.2) is 138 Å². The van der Waals surface area contributed by atoms with E-state index in [9.17, 15) is 0 Å². The Hall–Kier alpha value is 3.68. The van der Waals surface area contributed by atoms with Crippen molar-refractivity contribution in [1.29, 1.82) is 0 Å². The molecule has 0 unspecified atom stereocenters. The molecule has 18 heavy (non-hydrogen) atoms. The van der Waals surface area contributed by atoms with Crippen LogP contribution in [0.3, 0.4) is 0 Å². The second kappa shape index (κ2) is 49.8. The van der Waals surface area contributed by atoms with E-state index in [0.717, 1.165) is 0 Å². The van der Waals surface area contributed by atoms with Crippen LogP contribution in [0.5, 0.6) is 0 Å². The number of rotatable bonds is 0. The Bertz CT molecular complexity index is 148. The number of hydrogen-bond donors (Lipinski definition) is 0. The molecule has 0 aromatic carbocycles. The van der Waals surface area contributed by atoms with Crippen LogP contribution in [0.4, 0.5) is 0 Å². The van der Waals surface area contributed by atoms with Crippen molar-refractivity contribution in [2.24, 2.45) is 0 Å². The zero-order valence-electron chi connectivity index (χ0n) is 13.2. The van der Waals surface area contributed by atoms with E-state index in [2.05, 4.69) is 0 Å². The molecule has 0 spiro atoms. The van der Waals surface area contributed by atoms with Crippen LogP contribution in [0.15, 0.2) is 0 Å². The van der Waals surface area contributed by atoms with Gasteiger partial charge in [0.15, 0.2) is 0 Å². The van der Waals surface area contributed by atoms with Gasteiger partial charge >= 0.3 is 110 Å². The van der Waals surface area contributed by atoms with E-state index in [-0.39, 0.29) is 155 Å². The number of hydrogen-bond acceptors (Lipinski definition) is 9. The molecule has 0 fully saturated rings. The van der Waals surface area contributed by atoms with E-state index in [0.29, 0.717) is 0 Å². The summed E-state index contributed by atoms with van der Waals surface area (Å²) in [6, 6.07) is 0. The maximum Gasteiger partial charge on any atom is 3.00 e. The van der Waals surface area contributed by atoms with Crippen molar-refractivity contribution < 1.29 is 86.8 Å². The average molecular weight is 497 g/mol. The third-order valence-electron chi connectivity index (χ3n) is 0. The largest absolute Gasteiger partial charge is 3.00 e. The van der Waals surface area contributed by atoms with Crippen molar-refractivity contribution in [3.63, 3.8) is 0 Å². The minimum Gasteiger partial charge on any atom is -1.00 e. The van der Waals surface area contributed by atoms with Crippen LogP contribution < -0.4 is 28.8 Å². The van der Waals surface area contributed by atoms with Crippen LogP contribution in [-0.2, 0) is 52.3 Å². The maximum absolute atomic E-state index is 8.52. The fourth-order valence-electron chi connectivity index (χ4n) is 0. The maximum atomic E-state index is 8.52. The second-order valence-electron chi connectivity index (χ2n) is 0.750. The normalized spacial score (nSPS) is 4.00. The van der Waals surface area contributed by atoms with Gasteiger partial charge in [-0.05, 0) is 0 Å². The van der Waals surface area contributed by atoms with Crippen LogP contribution in [0.2, 0.25) is 0 Å². The predicted octanol–water partition coefficient (Wildman–Crippen LogP) is -9.71. The predicted molar refractivity (Wildman–Crippen MR) is 46.8 cm³/mol. The fraction of sp³-hybridized carbons (Fsp3) is 0. The smallest absolute Gasteiger partial charge is 1.00 e. The van der Waals surface area contributed by atoms with Crippen molar-refractivity contribution in [3.8, 4) is 0 Å². The van der Waals surface area contributed by atoms with E-state index in [1.165, 1.54) is 0 Å². The van der Waals surface area contributed by atoms with Gasteiger partial charge in [-0.2, -0.15) is 0 Å². The van der Waals surface area contributed by atoms with E-state index in [4.69, 9.17) is 42.2 Å². The SMILES string of the molecule is O=[Si]([O-])[O-].O=[Si]([O-])[O-].O=[Si]([O-])[O-].[Al+3].[Al+3].[Ca+2].[Ca+2].[H-].[H-].[H-].[H-].[Zn].[Zn]. The molecule has 0 heterocycles. The summed E-state index contributed by atoms with van der Waals surface area (Å²) in [7, 11) is -10.9. The molecular weight excluding hydrogens is 493 g/mol. The van der Waals surface area contributed by atoms with Crippen molar-refractivity contribution in [2.45, 2.75) is 0 Å². The molecule has 0 bridgehead atoms. The minimum atomic E-state index is -3.63. The summed E-state index contributed by atoms with van der Waals surface area (Å²) in [5.74, 6) is 0. The Kier molecular flexibility index (Phi) is 160. The minimum absolute atomic E-state index is 0. The summed E-state index contributed by atoms with van der Waals surface area (Å²) < 4.78 is 25.6. The molecule has 0 radical (unpaired) electrons. The monoisotopic (exact) mass is 494 g/mol. The van der Waals surface area contributed by atoms with Gasteiger partial charge in [0.05, 0.1) is 0 Å². The molecule has 0 aromatic rings. The standard InChI is InChI=1S/2Al.2Ca.3O3Si.2Zn.4H/c;;;;3*1-4(2)3;;;;;;/q2*+3;2*+2;3*-2;;;4*-1. The molecule has 84 valence electrons. The van der Waals surface area contributed by atoms with Gasteiger partial charge in [-0.15, -0.1) is 0 Å². The van der Waals surface area contributed by atoms with Crippen molar-refractivity contribution in [3.05, 3.63) is 0 Å². The summed E-state index contributed by atoms with van der Waals surface area (Å²) in [6.45, 7) is 0. The molecule has 0 N–H and O–H groups in total. The first kappa shape index (κ1) is 57.7. The zero-order valence-corrected chi connectivity index (χ0v) is 24.8. The van der Waals surface area contributed by atoms with E-state index in [1.54, 1.807) is 0 Å². The van der Waals surface area contributed by atoms with Gasteiger partial charge in [0, 0.05) is 66.5 Å². The van der Waals surface area contributed by atoms with Crippen molar-refractivity contribution in [1.82, 2.24) is 0 Å². The molecule has 0 atom stereocenters. The Morgan fingerprint density at radius 1 is 0.556 bits per heavy atom. The Labute approximate surface area is 220 Å². The van der Waals surface area contributed by atoms with Gasteiger partial charge in [0.2, 0.25) is 0 Å². The molecule has 0 aromatic heterocycles. The molecule has 0 aliphatic heterocycles. The van der Waals surface area contributed by atoms with Gasteiger partial charge < -0.3 is 47.9 Å². The Balaban J connectivity index is -0.00000000409. The molecule has 0 amide bonds. The molecule has 0 saturated heterocycles. The summed E-state index contributed by atoms with van der Waals surface area (Å²) in [5, 5.41) is 0. The van der Waals surface area contributed by atoms with E-state index >= 15 is 0 Å². The fourth-order valence-corrected chi connectivity index (χ4v) is 0. The molecule has 0 aliphatic carbocycles. The topological polar surface area (TPSA) is 190 Å². The summed E-state index contributed by atoms with van der Waals surface area (Å²) in [5.41, 5.74) is 0. The zero-order chi connectivity index (χ0) is 10.7. The Morgan fingerprint density at radius 3 is 0.556 bits per heavy atom. The summed E-state index contributed by atoms with van der Waals surface area (Å²) in [4.78, 5) is 51.1. The third kappa shape index (κ3) is 507. The van der Waals surface area contributed by atoms with E-state index < -0.39 is 27.5 Å². The van der Waals surface area contributed by atoms with Gasteiger partial charge in [-0.3, -0.25) is 0 Å². The second-order valence-corrected chi connectivity index (χ2v) is 2.25. The van der Waals surface area contributed by atoms with Crippen LogP contribution in [0, 0.1) is 0 Å². The first-order chi connectivity index (χ1) is 5.20. The molecule has 0 aliphatic rings. The van der Waals surface area contributed by atoms with Crippen molar-refractivity contribution >= 4 is 138 Å². The first-order valence-corrected chi connectivity index (χ1v) is 5.51. The Morgan fingerprint density at radius 2 is 0.556 bits per heavy atom. The molecule has 18 heteroatoms. The molecule has 9 nitrogen and oxygen atoms in total. The van der Waals surface area contributed by atoms with Gasteiger partial charge in [0.1, 0.15) is 0 Å². The molecule has 0 saturated carbocycles. The first-order valence-electron chi connectivity index (χ1n) is 1.84. The van der Waals surface area contributed by atoms with Crippen molar-refractivity contribution in [2.75, 3.05) is 0 Å². The van der Waals surface area contributed by atoms with E-state index in [1.807, 2.05) is 0 Å². The van der Waals surface area contributed by atoms with Gasteiger partial charge in [-0.1, -0.05) is 0 Å².